The molecule has 0 spiro atoms. The van der Waals surface area contributed by atoms with Gasteiger partial charge in [-0.2, -0.15) is 0 Å². The van der Waals surface area contributed by atoms with Crippen LogP contribution in [0.4, 0.5) is 14.7 Å². The first kappa shape index (κ1) is 18.5. The van der Waals surface area contributed by atoms with Crippen molar-refractivity contribution in [3.8, 4) is 5.88 Å². The number of carbonyl (C=O) groups is 1. The molecule has 0 aliphatic heterocycles. The molecular weight excluding hydrogens is 332 g/mol. The highest BCUT2D eigenvalue weighted by Gasteiger charge is 2.10. The third kappa shape index (κ3) is 5.63. The van der Waals surface area contributed by atoms with Gasteiger partial charge in [0.2, 0.25) is 11.8 Å². The molecule has 9 heteroatoms. The summed E-state index contributed by atoms with van der Waals surface area (Å²) in [6, 6.07) is 4.61. The Kier molecular flexibility index (Phi) is 6.15. The molecule has 25 heavy (non-hydrogen) atoms. The molecular formula is C16H19F2N5O2. The number of hydrogen-bond donors (Lipinski definition) is 1. The summed E-state index contributed by atoms with van der Waals surface area (Å²) in [5.41, 5.74) is 1.77. The molecule has 2 heterocycles. The number of carbonyl (C=O) groups excluding carboxylic acids is 1. The topological polar surface area (TPSA) is 80.2 Å². The van der Waals surface area contributed by atoms with Gasteiger partial charge in [0.25, 0.3) is 12.3 Å². The number of ether oxygens (including phenoxy) is 1. The maximum absolute atomic E-state index is 12.1. The molecule has 0 unspecified atom stereocenters. The smallest absolute Gasteiger partial charge is 0.272 e. The Morgan fingerprint density at radius 1 is 1.32 bits per heavy atom. The first-order chi connectivity index (χ1) is 11.8. The highest BCUT2D eigenvalue weighted by atomic mass is 19.3. The second-order valence-corrected chi connectivity index (χ2v) is 5.46. The first-order valence-corrected chi connectivity index (χ1v) is 7.52. The SMILES string of the molecule is Cc1cc(CNC(=O)c2ccc(OCC(F)F)nc2)nc(N(C)C)n1. The molecule has 2 rings (SSSR count). The zero-order chi connectivity index (χ0) is 18.4. The van der Waals surface area contributed by atoms with Gasteiger partial charge in [-0.15, -0.1) is 0 Å². The van der Waals surface area contributed by atoms with Crippen molar-refractivity contribution in [2.45, 2.75) is 19.9 Å². The predicted molar refractivity (Wildman–Crippen MR) is 88.0 cm³/mol. The molecule has 1 N–H and O–H groups in total. The molecule has 2 aromatic heterocycles. The third-order valence-electron chi connectivity index (χ3n) is 3.08. The van der Waals surface area contributed by atoms with Crippen LogP contribution in [0.25, 0.3) is 0 Å². The summed E-state index contributed by atoms with van der Waals surface area (Å²) in [5.74, 6) is 0.251. The van der Waals surface area contributed by atoms with Crippen molar-refractivity contribution < 1.29 is 18.3 Å². The fraction of sp³-hybridized carbons (Fsp3) is 0.375. The van der Waals surface area contributed by atoms with Crippen LogP contribution in [0.5, 0.6) is 5.88 Å². The minimum Gasteiger partial charge on any atom is -0.472 e. The van der Waals surface area contributed by atoms with Gasteiger partial charge in [-0.1, -0.05) is 0 Å². The number of aryl methyl sites for hydroxylation is 1. The van der Waals surface area contributed by atoms with E-state index in [1.807, 2.05) is 21.0 Å². The molecule has 0 aromatic carbocycles. The number of halogens is 2. The number of nitrogens with zero attached hydrogens (tertiary/aromatic N) is 4. The second kappa shape index (κ2) is 8.32. The van der Waals surface area contributed by atoms with Gasteiger partial charge in [0, 0.05) is 32.1 Å². The molecule has 1 amide bonds. The number of nitrogens with one attached hydrogen (secondary N) is 1. The Bertz CT molecular complexity index is 723. The van der Waals surface area contributed by atoms with Gasteiger partial charge in [0.15, 0.2) is 6.61 Å². The molecule has 0 aliphatic carbocycles. The number of amides is 1. The average molecular weight is 351 g/mol. The van der Waals surface area contributed by atoms with Crippen LogP contribution in [0.3, 0.4) is 0 Å². The maximum Gasteiger partial charge on any atom is 0.272 e. The van der Waals surface area contributed by atoms with Crippen LogP contribution in [-0.2, 0) is 6.54 Å². The van der Waals surface area contributed by atoms with Crippen molar-refractivity contribution in [3.05, 3.63) is 41.3 Å². The minimum atomic E-state index is -2.58. The highest BCUT2D eigenvalue weighted by molar-refractivity contribution is 5.93. The van der Waals surface area contributed by atoms with Crippen molar-refractivity contribution in [1.82, 2.24) is 20.3 Å². The lowest BCUT2D eigenvalue weighted by Gasteiger charge is -2.12. The summed E-state index contributed by atoms with van der Waals surface area (Å²) >= 11 is 0. The average Bonchev–Trinajstić information content (AvgIpc) is 2.57. The van der Waals surface area contributed by atoms with E-state index in [9.17, 15) is 13.6 Å². The summed E-state index contributed by atoms with van der Waals surface area (Å²) < 4.78 is 28.9. The summed E-state index contributed by atoms with van der Waals surface area (Å²) in [4.78, 5) is 26.4. The zero-order valence-electron chi connectivity index (χ0n) is 14.2. The Morgan fingerprint density at radius 2 is 2.08 bits per heavy atom. The number of rotatable bonds is 7. The summed E-state index contributed by atoms with van der Waals surface area (Å²) in [6.07, 6.45) is -1.31. The Balaban J connectivity index is 1.96. The van der Waals surface area contributed by atoms with Crippen LogP contribution in [0.15, 0.2) is 24.4 Å². The standard InChI is InChI=1S/C16H19F2N5O2/c1-10-6-12(22-16(21-10)23(2)3)8-20-15(24)11-4-5-14(19-7-11)25-9-13(17)18/h4-7,13H,8-9H2,1-3H3,(H,20,24). The third-order valence-corrected chi connectivity index (χ3v) is 3.08. The van der Waals surface area contributed by atoms with E-state index in [1.165, 1.54) is 18.3 Å². The van der Waals surface area contributed by atoms with E-state index >= 15 is 0 Å². The fourth-order valence-corrected chi connectivity index (χ4v) is 1.93. The van der Waals surface area contributed by atoms with Crippen molar-refractivity contribution in [3.63, 3.8) is 0 Å². The van der Waals surface area contributed by atoms with Gasteiger partial charge in [-0.05, 0) is 19.1 Å². The van der Waals surface area contributed by atoms with Crippen molar-refractivity contribution in [2.24, 2.45) is 0 Å². The monoisotopic (exact) mass is 351 g/mol. The molecule has 134 valence electrons. The van der Waals surface area contributed by atoms with Crippen LogP contribution in [0.1, 0.15) is 21.7 Å². The summed E-state index contributed by atoms with van der Waals surface area (Å²) in [7, 11) is 3.67. The fourth-order valence-electron chi connectivity index (χ4n) is 1.93. The van der Waals surface area contributed by atoms with E-state index in [0.717, 1.165) is 5.69 Å². The largest absolute Gasteiger partial charge is 0.472 e. The Hall–Kier alpha value is -2.84. The lowest BCUT2D eigenvalue weighted by Crippen LogP contribution is -2.24. The molecule has 0 aliphatic rings. The lowest BCUT2D eigenvalue weighted by molar-refractivity contribution is 0.0794. The van der Waals surface area contributed by atoms with Crippen LogP contribution in [0, 0.1) is 6.92 Å². The molecule has 2 aromatic rings. The molecule has 0 fully saturated rings. The Morgan fingerprint density at radius 3 is 2.68 bits per heavy atom. The van der Waals surface area contributed by atoms with Crippen LogP contribution in [0.2, 0.25) is 0 Å². The molecule has 0 atom stereocenters. The predicted octanol–water partition coefficient (Wildman–Crippen LogP) is 1.82. The molecule has 0 saturated heterocycles. The van der Waals surface area contributed by atoms with E-state index in [0.29, 0.717) is 17.2 Å². The van der Waals surface area contributed by atoms with Gasteiger partial charge >= 0.3 is 0 Å². The van der Waals surface area contributed by atoms with Crippen molar-refractivity contribution >= 4 is 11.9 Å². The lowest BCUT2D eigenvalue weighted by atomic mass is 10.2. The summed E-state index contributed by atoms with van der Waals surface area (Å²) in [6.45, 7) is 1.34. The normalized spacial score (nSPS) is 10.6. The second-order valence-electron chi connectivity index (χ2n) is 5.46. The van der Waals surface area contributed by atoms with E-state index < -0.39 is 13.0 Å². The van der Waals surface area contributed by atoms with E-state index in [1.54, 1.807) is 11.0 Å². The van der Waals surface area contributed by atoms with Gasteiger partial charge < -0.3 is 15.0 Å². The maximum atomic E-state index is 12.1. The highest BCUT2D eigenvalue weighted by Crippen LogP contribution is 2.10. The molecule has 0 radical (unpaired) electrons. The van der Waals surface area contributed by atoms with Crippen molar-refractivity contribution in [1.29, 1.82) is 0 Å². The van der Waals surface area contributed by atoms with Crippen LogP contribution < -0.4 is 15.0 Å². The van der Waals surface area contributed by atoms with E-state index in [4.69, 9.17) is 4.74 Å². The van der Waals surface area contributed by atoms with Gasteiger partial charge in [0.1, 0.15) is 0 Å². The van der Waals surface area contributed by atoms with E-state index in [-0.39, 0.29) is 18.3 Å². The van der Waals surface area contributed by atoms with Gasteiger partial charge in [-0.3, -0.25) is 4.79 Å². The molecule has 0 saturated carbocycles. The van der Waals surface area contributed by atoms with Crippen LogP contribution in [-0.4, -0.2) is 48.0 Å². The quantitative estimate of drug-likeness (QED) is 0.820. The van der Waals surface area contributed by atoms with Crippen LogP contribution >= 0.6 is 0 Å². The molecule has 0 bridgehead atoms. The number of hydrogen-bond acceptors (Lipinski definition) is 6. The summed E-state index contributed by atoms with van der Waals surface area (Å²) in [5, 5.41) is 2.73. The number of aromatic nitrogens is 3. The van der Waals surface area contributed by atoms with Gasteiger partial charge in [-0.25, -0.2) is 23.7 Å². The zero-order valence-corrected chi connectivity index (χ0v) is 14.2. The minimum absolute atomic E-state index is 0.0406. The molecule has 7 nitrogen and oxygen atoms in total. The van der Waals surface area contributed by atoms with Gasteiger partial charge in [0.05, 0.1) is 17.8 Å². The number of pyridine rings is 1. The van der Waals surface area contributed by atoms with E-state index in [2.05, 4.69) is 20.3 Å². The first-order valence-electron chi connectivity index (χ1n) is 7.52. The number of alkyl halides is 2. The Labute approximate surface area is 144 Å². The number of anilines is 1. The van der Waals surface area contributed by atoms with Crippen molar-refractivity contribution in [2.75, 3.05) is 25.6 Å².